The van der Waals surface area contributed by atoms with Gasteiger partial charge in [0, 0.05) is 6.54 Å². The summed E-state index contributed by atoms with van der Waals surface area (Å²) in [6, 6.07) is 6.46. The Labute approximate surface area is 113 Å². The van der Waals surface area contributed by atoms with Gasteiger partial charge in [0.15, 0.2) is 0 Å². The lowest BCUT2D eigenvalue weighted by Crippen LogP contribution is -2.43. The largest absolute Gasteiger partial charge is 0.469 e. The molecule has 3 nitrogen and oxygen atoms in total. The zero-order valence-corrected chi connectivity index (χ0v) is 11.4. The van der Waals surface area contributed by atoms with Crippen molar-refractivity contribution >= 4 is 5.97 Å². The van der Waals surface area contributed by atoms with Crippen molar-refractivity contribution < 1.29 is 13.9 Å². The summed E-state index contributed by atoms with van der Waals surface area (Å²) in [7, 11) is 1.43. The number of piperidine rings is 1. The Hall–Kier alpha value is -1.42. The van der Waals surface area contributed by atoms with E-state index in [9.17, 15) is 9.18 Å². The number of carbonyl (C=O) groups is 1. The highest BCUT2D eigenvalue weighted by molar-refractivity contribution is 5.74. The van der Waals surface area contributed by atoms with Crippen LogP contribution in [0.2, 0.25) is 0 Å². The van der Waals surface area contributed by atoms with Crippen molar-refractivity contribution in [3.8, 4) is 0 Å². The monoisotopic (exact) mass is 265 g/mol. The number of rotatable bonds is 3. The molecular formula is C15H20FNO2. The fraction of sp³-hybridized carbons (Fsp3) is 0.533. The van der Waals surface area contributed by atoms with Gasteiger partial charge in [-0.3, -0.25) is 4.79 Å². The summed E-state index contributed by atoms with van der Waals surface area (Å²) in [6.07, 6.45) is 0.902. The van der Waals surface area contributed by atoms with Crippen LogP contribution in [-0.2, 0) is 9.53 Å². The van der Waals surface area contributed by atoms with Gasteiger partial charge in [-0.25, -0.2) is 4.39 Å². The molecule has 2 rings (SSSR count). The molecule has 1 aliphatic heterocycles. The van der Waals surface area contributed by atoms with Gasteiger partial charge < -0.3 is 9.64 Å². The van der Waals surface area contributed by atoms with E-state index in [1.165, 1.54) is 19.2 Å². The molecule has 0 aromatic heterocycles. The molecule has 2 unspecified atom stereocenters. The molecule has 0 amide bonds. The van der Waals surface area contributed by atoms with Crippen molar-refractivity contribution in [1.29, 1.82) is 0 Å². The van der Waals surface area contributed by atoms with Crippen LogP contribution in [0, 0.1) is 11.7 Å². The van der Waals surface area contributed by atoms with E-state index in [2.05, 4.69) is 11.8 Å². The molecule has 1 fully saturated rings. The number of hydrogen-bond acceptors (Lipinski definition) is 3. The van der Waals surface area contributed by atoms with Crippen LogP contribution in [0.25, 0.3) is 0 Å². The molecule has 0 saturated carbocycles. The molecule has 1 aromatic rings. The van der Waals surface area contributed by atoms with Crippen molar-refractivity contribution in [2.75, 3.05) is 26.7 Å². The number of halogens is 1. The highest BCUT2D eigenvalue weighted by atomic mass is 19.1. The lowest BCUT2D eigenvalue weighted by Gasteiger charge is -2.36. The zero-order valence-electron chi connectivity index (χ0n) is 11.4. The minimum absolute atomic E-state index is 0.121. The second-order valence-corrected chi connectivity index (χ2v) is 4.97. The van der Waals surface area contributed by atoms with Crippen molar-refractivity contribution in [3.63, 3.8) is 0 Å². The van der Waals surface area contributed by atoms with E-state index < -0.39 is 0 Å². The number of hydrogen-bond donors (Lipinski definition) is 0. The summed E-state index contributed by atoms with van der Waals surface area (Å²) in [4.78, 5) is 14.2. The van der Waals surface area contributed by atoms with Crippen LogP contribution >= 0.6 is 0 Å². The number of esters is 1. The quantitative estimate of drug-likeness (QED) is 0.786. The van der Waals surface area contributed by atoms with Crippen LogP contribution in [0.15, 0.2) is 24.3 Å². The van der Waals surface area contributed by atoms with Crippen LogP contribution in [0.1, 0.15) is 24.8 Å². The Morgan fingerprint density at radius 2 is 2.11 bits per heavy atom. The summed E-state index contributed by atoms with van der Waals surface area (Å²) in [6.45, 7) is 4.70. The van der Waals surface area contributed by atoms with Gasteiger partial charge in [-0.2, -0.15) is 0 Å². The first-order chi connectivity index (χ1) is 9.15. The lowest BCUT2D eigenvalue weighted by atomic mass is 9.80. The molecule has 4 heteroatoms. The van der Waals surface area contributed by atoms with Gasteiger partial charge >= 0.3 is 5.97 Å². The normalized spacial score (nSPS) is 24.2. The summed E-state index contributed by atoms with van der Waals surface area (Å²) in [5.41, 5.74) is 1.02. The number of benzene rings is 1. The van der Waals surface area contributed by atoms with Crippen LogP contribution in [0.5, 0.6) is 0 Å². The maximum Gasteiger partial charge on any atom is 0.310 e. The minimum Gasteiger partial charge on any atom is -0.469 e. The molecule has 0 bridgehead atoms. The molecule has 2 atom stereocenters. The molecule has 1 heterocycles. The molecule has 104 valence electrons. The third-order valence-electron chi connectivity index (χ3n) is 3.95. The van der Waals surface area contributed by atoms with Gasteiger partial charge in [0.2, 0.25) is 0 Å². The number of methoxy groups -OCH3 is 1. The fourth-order valence-electron chi connectivity index (χ4n) is 2.81. The first-order valence-corrected chi connectivity index (χ1v) is 6.71. The average Bonchev–Trinajstić information content (AvgIpc) is 2.46. The van der Waals surface area contributed by atoms with Gasteiger partial charge in [-0.1, -0.05) is 19.1 Å². The van der Waals surface area contributed by atoms with Gasteiger partial charge in [0.1, 0.15) is 5.82 Å². The Bertz CT molecular complexity index is 432. The van der Waals surface area contributed by atoms with Crippen LogP contribution < -0.4 is 0 Å². The topological polar surface area (TPSA) is 29.5 Å². The number of likely N-dealkylation sites (tertiary alicyclic amines) is 1. The van der Waals surface area contributed by atoms with Crippen molar-refractivity contribution in [2.45, 2.75) is 19.3 Å². The smallest absolute Gasteiger partial charge is 0.310 e. The summed E-state index contributed by atoms with van der Waals surface area (Å²) in [5.74, 6) is -0.461. The SMILES string of the molecule is CCN1CCC(c2ccc(F)cc2)C(C(=O)OC)C1. The van der Waals surface area contributed by atoms with Gasteiger partial charge in [0.25, 0.3) is 0 Å². The number of ether oxygens (including phenoxy) is 1. The molecule has 19 heavy (non-hydrogen) atoms. The van der Waals surface area contributed by atoms with Gasteiger partial charge in [-0.05, 0) is 43.1 Å². The third kappa shape index (κ3) is 3.13. The first kappa shape index (κ1) is 14.0. The van der Waals surface area contributed by atoms with Crippen LogP contribution in [-0.4, -0.2) is 37.6 Å². The summed E-state index contributed by atoms with van der Waals surface area (Å²) >= 11 is 0. The predicted molar refractivity (Wildman–Crippen MR) is 71.4 cm³/mol. The number of carbonyl (C=O) groups excluding carboxylic acids is 1. The maximum absolute atomic E-state index is 13.0. The minimum atomic E-state index is -0.246. The predicted octanol–water partition coefficient (Wildman–Crippen LogP) is 2.42. The molecule has 0 spiro atoms. The van der Waals surface area contributed by atoms with E-state index in [4.69, 9.17) is 4.74 Å². The Morgan fingerprint density at radius 3 is 2.68 bits per heavy atom. The average molecular weight is 265 g/mol. The van der Waals surface area contributed by atoms with E-state index in [0.717, 1.165) is 25.1 Å². The molecule has 1 aliphatic rings. The molecule has 1 saturated heterocycles. The van der Waals surface area contributed by atoms with E-state index in [0.29, 0.717) is 6.54 Å². The van der Waals surface area contributed by atoms with Gasteiger partial charge in [0.05, 0.1) is 13.0 Å². The van der Waals surface area contributed by atoms with Crippen molar-refractivity contribution in [2.24, 2.45) is 5.92 Å². The Kier molecular flexibility index (Phi) is 4.53. The highest BCUT2D eigenvalue weighted by Crippen LogP contribution is 2.33. The Morgan fingerprint density at radius 1 is 1.42 bits per heavy atom. The third-order valence-corrected chi connectivity index (χ3v) is 3.95. The van der Waals surface area contributed by atoms with Crippen molar-refractivity contribution in [1.82, 2.24) is 4.90 Å². The lowest BCUT2D eigenvalue weighted by molar-refractivity contribution is -0.148. The maximum atomic E-state index is 13.0. The van der Waals surface area contributed by atoms with E-state index >= 15 is 0 Å². The molecular weight excluding hydrogens is 245 g/mol. The summed E-state index contributed by atoms with van der Waals surface area (Å²) in [5, 5.41) is 0. The second-order valence-electron chi connectivity index (χ2n) is 4.97. The van der Waals surface area contributed by atoms with Gasteiger partial charge in [-0.15, -0.1) is 0 Å². The van der Waals surface area contributed by atoms with Crippen molar-refractivity contribution in [3.05, 3.63) is 35.6 Å². The van der Waals surface area contributed by atoms with Crippen LogP contribution in [0.4, 0.5) is 4.39 Å². The molecule has 0 radical (unpaired) electrons. The highest BCUT2D eigenvalue weighted by Gasteiger charge is 2.35. The standard InChI is InChI=1S/C15H20FNO2/c1-3-17-9-8-13(14(10-17)15(18)19-2)11-4-6-12(16)7-5-11/h4-7,13-14H,3,8-10H2,1-2H3. The van der Waals surface area contributed by atoms with E-state index in [1.54, 1.807) is 12.1 Å². The summed E-state index contributed by atoms with van der Waals surface area (Å²) < 4.78 is 17.9. The number of nitrogens with zero attached hydrogens (tertiary/aromatic N) is 1. The zero-order chi connectivity index (χ0) is 13.8. The Balaban J connectivity index is 2.21. The van der Waals surface area contributed by atoms with E-state index in [1.807, 2.05) is 0 Å². The molecule has 0 aliphatic carbocycles. The second kappa shape index (κ2) is 6.15. The first-order valence-electron chi connectivity index (χ1n) is 6.71. The molecule has 1 aromatic carbocycles. The molecule has 0 N–H and O–H groups in total. The fourth-order valence-corrected chi connectivity index (χ4v) is 2.81. The van der Waals surface area contributed by atoms with Crippen LogP contribution in [0.3, 0.4) is 0 Å². The van der Waals surface area contributed by atoms with E-state index in [-0.39, 0.29) is 23.6 Å².